The highest BCUT2D eigenvalue weighted by atomic mass is 15.5. The van der Waals surface area contributed by atoms with Crippen LogP contribution in [0.4, 0.5) is 0 Å². The number of rotatable bonds is 5. The minimum Gasteiger partial charge on any atom is -0.291 e. The van der Waals surface area contributed by atoms with E-state index in [0.717, 1.165) is 31.1 Å². The number of likely N-dealkylation sites (tertiary alicyclic amines) is 1. The first-order chi connectivity index (χ1) is 11.9. The largest absolute Gasteiger partial charge is 0.291 e. The summed E-state index contributed by atoms with van der Waals surface area (Å²) in [5.41, 5.74) is 0.998. The van der Waals surface area contributed by atoms with E-state index in [1.807, 2.05) is 58.2 Å². The lowest BCUT2D eigenvalue weighted by Gasteiger charge is -2.35. The highest BCUT2D eigenvalue weighted by Gasteiger charge is 2.25. The van der Waals surface area contributed by atoms with E-state index in [9.17, 15) is 0 Å². The van der Waals surface area contributed by atoms with E-state index in [4.69, 9.17) is 0 Å². The predicted octanol–water partition coefficient (Wildman–Crippen LogP) is 1.91. The average molecular weight is 323 g/mol. The van der Waals surface area contributed by atoms with E-state index in [1.165, 1.54) is 19.3 Å². The molecule has 1 saturated heterocycles. The maximum Gasteiger partial charge on any atom is 0.170 e. The molecule has 24 heavy (non-hydrogen) atoms. The summed E-state index contributed by atoms with van der Waals surface area (Å²) in [6.07, 6.45) is 7.55. The van der Waals surface area contributed by atoms with Gasteiger partial charge >= 0.3 is 0 Å². The van der Waals surface area contributed by atoms with E-state index >= 15 is 0 Å². The topological polar surface area (TPSA) is 64.7 Å². The fourth-order valence-corrected chi connectivity index (χ4v) is 3.36. The quantitative estimate of drug-likeness (QED) is 0.718. The number of nitrogens with zero attached hydrogens (tertiary/aromatic N) is 7. The van der Waals surface area contributed by atoms with Crippen LogP contribution in [0.5, 0.6) is 0 Å². The number of aromatic nitrogens is 6. The third-order valence-electron chi connectivity index (χ3n) is 4.59. The number of tetrazole rings is 1. The van der Waals surface area contributed by atoms with Crippen molar-refractivity contribution in [2.45, 2.75) is 38.4 Å². The van der Waals surface area contributed by atoms with Crippen LogP contribution in [0.3, 0.4) is 0 Å². The van der Waals surface area contributed by atoms with Crippen LogP contribution >= 0.6 is 0 Å². The minimum atomic E-state index is 0.472. The second-order valence-electron chi connectivity index (χ2n) is 6.19. The van der Waals surface area contributed by atoms with E-state index < -0.39 is 0 Å². The zero-order chi connectivity index (χ0) is 16.2. The summed E-state index contributed by atoms with van der Waals surface area (Å²) in [6, 6.07) is 12.5. The Bertz CT molecular complexity index is 750. The van der Waals surface area contributed by atoms with Crippen LogP contribution in [0.2, 0.25) is 0 Å². The molecule has 0 radical (unpaired) electrons. The van der Waals surface area contributed by atoms with Gasteiger partial charge in [-0.2, -0.15) is 9.78 Å². The molecule has 3 heterocycles. The molecule has 1 aliphatic rings. The first-order valence-corrected chi connectivity index (χ1v) is 8.44. The first kappa shape index (κ1) is 15.0. The van der Waals surface area contributed by atoms with Crippen molar-refractivity contribution in [1.29, 1.82) is 0 Å². The lowest BCUT2D eigenvalue weighted by atomic mass is 10.0. The Balaban J connectivity index is 1.52. The van der Waals surface area contributed by atoms with Gasteiger partial charge in [0, 0.05) is 18.4 Å². The molecule has 1 atom stereocenters. The molecule has 0 aliphatic carbocycles. The van der Waals surface area contributed by atoms with E-state index in [-0.39, 0.29) is 0 Å². The van der Waals surface area contributed by atoms with Crippen molar-refractivity contribution >= 4 is 0 Å². The third-order valence-corrected chi connectivity index (χ3v) is 4.59. The van der Waals surface area contributed by atoms with Gasteiger partial charge < -0.3 is 0 Å². The molecule has 7 heteroatoms. The zero-order valence-corrected chi connectivity index (χ0v) is 13.6. The summed E-state index contributed by atoms with van der Waals surface area (Å²) >= 11 is 0. The minimum absolute atomic E-state index is 0.472. The Labute approximate surface area is 140 Å². The Morgan fingerprint density at radius 3 is 2.83 bits per heavy atom. The SMILES string of the molecule is c1ccc(-n2nnnc2CN2CCCC[C@H]2Cn2cccn2)cc1. The molecule has 1 aliphatic heterocycles. The van der Waals surface area contributed by atoms with Crippen LogP contribution in [0.1, 0.15) is 25.1 Å². The second-order valence-corrected chi connectivity index (χ2v) is 6.19. The zero-order valence-electron chi connectivity index (χ0n) is 13.6. The van der Waals surface area contributed by atoms with Gasteiger partial charge in [0.2, 0.25) is 0 Å². The van der Waals surface area contributed by atoms with Crippen LogP contribution in [0.25, 0.3) is 5.69 Å². The average Bonchev–Trinajstić information content (AvgIpc) is 3.29. The van der Waals surface area contributed by atoms with Crippen molar-refractivity contribution < 1.29 is 0 Å². The van der Waals surface area contributed by atoms with Crippen molar-refractivity contribution in [3.05, 3.63) is 54.6 Å². The van der Waals surface area contributed by atoms with Gasteiger partial charge in [-0.15, -0.1) is 5.10 Å². The van der Waals surface area contributed by atoms with Crippen molar-refractivity contribution in [3.8, 4) is 5.69 Å². The Morgan fingerprint density at radius 1 is 1.08 bits per heavy atom. The van der Waals surface area contributed by atoms with Gasteiger partial charge in [0.05, 0.1) is 18.8 Å². The monoisotopic (exact) mass is 323 g/mol. The predicted molar refractivity (Wildman–Crippen MR) is 89.4 cm³/mol. The number of para-hydroxylation sites is 1. The van der Waals surface area contributed by atoms with Crippen LogP contribution in [0.15, 0.2) is 48.8 Å². The molecule has 7 nitrogen and oxygen atoms in total. The van der Waals surface area contributed by atoms with Gasteiger partial charge in [-0.3, -0.25) is 9.58 Å². The number of benzene rings is 1. The van der Waals surface area contributed by atoms with Gasteiger partial charge in [0.15, 0.2) is 5.82 Å². The van der Waals surface area contributed by atoms with Crippen LogP contribution < -0.4 is 0 Å². The second kappa shape index (κ2) is 6.92. The van der Waals surface area contributed by atoms with Crippen molar-refractivity contribution in [1.82, 2.24) is 34.9 Å². The van der Waals surface area contributed by atoms with Gasteiger partial charge in [0.1, 0.15) is 0 Å². The van der Waals surface area contributed by atoms with Gasteiger partial charge in [-0.1, -0.05) is 24.6 Å². The Hall–Kier alpha value is -2.54. The van der Waals surface area contributed by atoms with Crippen LogP contribution in [0, 0.1) is 0 Å². The standard InChI is InChI=1S/C17H21N7/c1-2-7-15(8-3-1)24-17(19-20-21-24)14-22-11-5-4-9-16(22)13-23-12-6-10-18-23/h1-3,6-8,10,12,16H,4-5,9,11,13-14H2/t16-/m0/s1. The number of hydrogen-bond acceptors (Lipinski definition) is 5. The van der Waals surface area contributed by atoms with E-state index in [2.05, 4.69) is 25.5 Å². The summed E-state index contributed by atoms with van der Waals surface area (Å²) in [6.45, 7) is 2.75. The molecule has 0 spiro atoms. The lowest BCUT2D eigenvalue weighted by molar-refractivity contribution is 0.118. The van der Waals surface area contributed by atoms with Crippen LogP contribution in [-0.2, 0) is 13.1 Å². The van der Waals surface area contributed by atoms with Crippen molar-refractivity contribution in [3.63, 3.8) is 0 Å². The number of hydrogen-bond donors (Lipinski definition) is 0. The third kappa shape index (κ3) is 3.21. The molecule has 3 aromatic rings. The molecule has 0 bridgehead atoms. The normalized spacial score (nSPS) is 18.8. The molecular weight excluding hydrogens is 302 g/mol. The van der Waals surface area contributed by atoms with Gasteiger partial charge in [-0.05, 0) is 48.0 Å². The van der Waals surface area contributed by atoms with Crippen molar-refractivity contribution in [2.24, 2.45) is 0 Å². The van der Waals surface area contributed by atoms with Gasteiger partial charge in [-0.25, -0.2) is 0 Å². The molecule has 0 saturated carbocycles. The maximum absolute atomic E-state index is 4.35. The number of piperidine rings is 1. The van der Waals surface area contributed by atoms with E-state index in [1.54, 1.807) is 0 Å². The highest BCUT2D eigenvalue weighted by molar-refractivity contribution is 5.30. The summed E-state index contributed by atoms with van der Waals surface area (Å²) in [5.74, 6) is 0.883. The summed E-state index contributed by atoms with van der Waals surface area (Å²) in [7, 11) is 0. The molecule has 0 amide bonds. The summed E-state index contributed by atoms with van der Waals surface area (Å²) < 4.78 is 3.85. The van der Waals surface area contributed by atoms with Crippen LogP contribution in [-0.4, -0.2) is 47.5 Å². The molecule has 1 aromatic carbocycles. The Kier molecular flexibility index (Phi) is 4.33. The molecule has 124 valence electrons. The molecule has 0 N–H and O–H groups in total. The fourth-order valence-electron chi connectivity index (χ4n) is 3.36. The molecule has 4 rings (SSSR count). The molecule has 0 unspecified atom stereocenters. The lowest BCUT2D eigenvalue weighted by Crippen LogP contribution is -2.42. The maximum atomic E-state index is 4.35. The fraction of sp³-hybridized carbons (Fsp3) is 0.412. The van der Waals surface area contributed by atoms with Crippen molar-refractivity contribution in [2.75, 3.05) is 6.54 Å². The van der Waals surface area contributed by atoms with E-state index in [0.29, 0.717) is 6.04 Å². The smallest absolute Gasteiger partial charge is 0.170 e. The van der Waals surface area contributed by atoms with Gasteiger partial charge in [0.25, 0.3) is 0 Å². The summed E-state index contributed by atoms with van der Waals surface area (Å²) in [4.78, 5) is 2.48. The molecule has 1 fully saturated rings. The Morgan fingerprint density at radius 2 is 2.00 bits per heavy atom. The highest BCUT2D eigenvalue weighted by Crippen LogP contribution is 2.21. The molecule has 2 aromatic heterocycles. The first-order valence-electron chi connectivity index (χ1n) is 8.44. The molecular formula is C17H21N7. The summed E-state index contributed by atoms with van der Waals surface area (Å²) in [5, 5.41) is 16.7.